The summed E-state index contributed by atoms with van der Waals surface area (Å²) in [6.45, 7) is 0.256. The van der Waals surface area contributed by atoms with Crippen LogP contribution in [0.3, 0.4) is 0 Å². The van der Waals surface area contributed by atoms with E-state index in [0.29, 0.717) is 16.3 Å². The average Bonchev–Trinajstić information content (AvgIpc) is 2.72. The number of hydrogen-bond donors (Lipinski definition) is 0. The minimum Gasteiger partial charge on any atom is -0.488 e. The number of hydrogen-bond acceptors (Lipinski definition) is 4. The Hall–Kier alpha value is -3.62. The molecule has 0 aliphatic carbocycles. The first-order valence-electron chi connectivity index (χ1n) is 8.40. The van der Waals surface area contributed by atoms with E-state index >= 15 is 0 Å². The van der Waals surface area contributed by atoms with E-state index in [1.54, 1.807) is 42.5 Å². The minimum atomic E-state index is -0.440. The van der Waals surface area contributed by atoms with E-state index in [2.05, 4.69) is 6.07 Å². The van der Waals surface area contributed by atoms with Gasteiger partial charge in [0.25, 0.3) is 5.69 Å². The predicted molar refractivity (Wildman–Crippen MR) is 109 cm³/mol. The molecule has 0 aromatic heterocycles. The SMILES string of the molecule is N#C/C(=C\c1ccccc1OCc1ccc([N+](=O)[O-])cc1)c1ccc(Cl)cc1. The summed E-state index contributed by atoms with van der Waals surface area (Å²) >= 11 is 5.91. The number of nitro benzene ring substituents is 1. The topological polar surface area (TPSA) is 76.2 Å². The number of nitro groups is 1. The van der Waals surface area contributed by atoms with Gasteiger partial charge in [-0.2, -0.15) is 5.26 Å². The average molecular weight is 391 g/mol. The highest BCUT2D eigenvalue weighted by Crippen LogP contribution is 2.26. The van der Waals surface area contributed by atoms with E-state index in [-0.39, 0.29) is 12.3 Å². The summed E-state index contributed by atoms with van der Waals surface area (Å²) in [7, 11) is 0. The lowest BCUT2D eigenvalue weighted by molar-refractivity contribution is -0.384. The minimum absolute atomic E-state index is 0.0358. The lowest BCUT2D eigenvalue weighted by Gasteiger charge is -2.10. The van der Waals surface area contributed by atoms with Gasteiger partial charge in [0.15, 0.2) is 0 Å². The van der Waals surface area contributed by atoms with Crippen LogP contribution >= 0.6 is 11.6 Å². The van der Waals surface area contributed by atoms with Crippen LogP contribution in [-0.2, 0) is 6.61 Å². The molecule has 3 aromatic rings. The summed E-state index contributed by atoms with van der Waals surface area (Å²) < 4.78 is 5.88. The maximum atomic E-state index is 10.7. The second kappa shape index (κ2) is 8.85. The van der Waals surface area contributed by atoms with Crippen LogP contribution in [0.2, 0.25) is 5.02 Å². The van der Waals surface area contributed by atoms with Gasteiger partial charge >= 0.3 is 0 Å². The van der Waals surface area contributed by atoms with E-state index in [0.717, 1.165) is 16.7 Å². The Bertz CT molecular complexity index is 1050. The number of benzene rings is 3. The number of halogens is 1. The van der Waals surface area contributed by atoms with Crippen LogP contribution in [0.15, 0.2) is 72.8 Å². The maximum Gasteiger partial charge on any atom is 0.269 e. The highest BCUT2D eigenvalue weighted by molar-refractivity contribution is 6.30. The van der Waals surface area contributed by atoms with Crippen molar-refractivity contribution in [1.82, 2.24) is 0 Å². The molecule has 0 fully saturated rings. The summed E-state index contributed by atoms with van der Waals surface area (Å²) in [5.41, 5.74) is 2.85. The van der Waals surface area contributed by atoms with Gasteiger partial charge in [-0.05, 0) is 47.5 Å². The van der Waals surface area contributed by atoms with Gasteiger partial charge in [-0.1, -0.05) is 41.9 Å². The smallest absolute Gasteiger partial charge is 0.269 e. The molecule has 0 radical (unpaired) electrons. The largest absolute Gasteiger partial charge is 0.488 e. The molecule has 3 aromatic carbocycles. The highest BCUT2D eigenvalue weighted by Gasteiger charge is 2.07. The van der Waals surface area contributed by atoms with Crippen molar-refractivity contribution in [2.75, 3.05) is 0 Å². The molecule has 0 atom stereocenters. The zero-order valence-electron chi connectivity index (χ0n) is 14.7. The molecule has 138 valence electrons. The van der Waals surface area contributed by atoms with Crippen molar-refractivity contribution in [1.29, 1.82) is 5.26 Å². The molecule has 0 saturated heterocycles. The second-order valence-corrected chi connectivity index (χ2v) is 6.36. The van der Waals surface area contributed by atoms with E-state index < -0.39 is 4.92 Å². The molecule has 28 heavy (non-hydrogen) atoms. The van der Waals surface area contributed by atoms with E-state index in [4.69, 9.17) is 16.3 Å². The third kappa shape index (κ3) is 4.76. The molecule has 0 aliphatic heterocycles. The Morgan fingerprint density at radius 1 is 1.07 bits per heavy atom. The lowest BCUT2D eigenvalue weighted by Crippen LogP contribution is -1.97. The van der Waals surface area contributed by atoms with Gasteiger partial charge in [-0.15, -0.1) is 0 Å². The molecule has 0 amide bonds. The normalized spacial score (nSPS) is 10.9. The molecule has 0 heterocycles. The van der Waals surface area contributed by atoms with Gasteiger partial charge in [-0.25, -0.2) is 0 Å². The zero-order valence-corrected chi connectivity index (χ0v) is 15.5. The Balaban J connectivity index is 1.81. The molecule has 0 spiro atoms. The van der Waals surface area contributed by atoms with Crippen molar-refractivity contribution in [3.8, 4) is 11.8 Å². The van der Waals surface area contributed by atoms with Gasteiger partial charge in [0.05, 0.1) is 16.6 Å². The predicted octanol–water partition coefficient (Wildman–Crippen LogP) is 5.89. The molecular weight excluding hydrogens is 376 g/mol. The molecule has 5 nitrogen and oxygen atoms in total. The molecular formula is C22H15ClN2O3. The lowest BCUT2D eigenvalue weighted by atomic mass is 10.0. The molecule has 6 heteroatoms. The number of rotatable bonds is 6. The van der Waals surface area contributed by atoms with Crippen molar-refractivity contribution in [2.24, 2.45) is 0 Å². The molecule has 0 unspecified atom stereocenters. The number of nitriles is 1. The van der Waals surface area contributed by atoms with Gasteiger partial charge in [0.2, 0.25) is 0 Å². The van der Waals surface area contributed by atoms with Crippen LogP contribution in [0.5, 0.6) is 5.75 Å². The number of ether oxygens (including phenoxy) is 1. The van der Waals surface area contributed by atoms with Crippen molar-refractivity contribution >= 4 is 28.9 Å². The van der Waals surface area contributed by atoms with Crippen LogP contribution < -0.4 is 4.74 Å². The van der Waals surface area contributed by atoms with Crippen LogP contribution in [0.1, 0.15) is 16.7 Å². The number of para-hydroxylation sites is 1. The van der Waals surface area contributed by atoms with Crippen LogP contribution in [0, 0.1) is 21.4 Å². The molecule has 0 aliphatic rings. The monoisotopic (exact) mass is 390 g/mol. The zero-order chi connectivity index (χ0) is 19.9. The Kier molecular flexibility index (Phi) is 6.05. The van der Waals surface area contributed by atoms with Gasteiger partial charge in [-0.3, -0.25) is 10.1 Å². The quantitative estimate of drug-likeness (QED) is 0.227. The highest BCUT2D eigenvalue weighted by atomic mass is 35.5. The molecule has 0 N–H and O–H groups in total. The summed E-state index contributed by atoms with van der Waals surface area (Å²) in [5, 5.41) is 20.9. The first kappa shape index (κ1) is 19.2. The number of non-ortho nitro benzene ring substituents is 1. The van der Waals surface area contributed by atoms with Crippen LogP contribution in [0.4, 0.5) is 5.69 Å². The molecule has 3 rings (SSSR count). The number of allylic oxidation sites excluding steroid dienone is 1. The van der Waals surface area contributed by atoms with Gasteiger partial charge in [0, 0.05) is 22.7 Å². The fourth-order valence-corrected chi connectivity index (χ4v) is 2.70. The first-order valence-corrected chi connectivity index (χ1v) is 8.77. The maximum absolute atomic E-state index is 10.7. The van der Waals surface area contributed by atoms with Crippen LogP contribution in [0.25, 0.3) is 11.6 Å². The second-order valence-electron chi connectivity index (χ2n) is 5.93. The van der Waals surface area contributed by atoms with Crippen molar-refractivity contribution in [2.45, 2.75) is 6.61 Å². The summed E-state index contributed by atoms with van der Waals surface area (Å²) in [6, 6.07) is 22.8. The van der Waals surface area contributed by atoms with Crippen molar-refractivity contribution in [3.63, 3.8) is 0 Å². The Morgan fingerprint density at radius 2 is 1.75 bits per heavy atom. The molecule has 0 saturated carbocycles. The molecule has 0 bridgehead atoms. The van der Waals surface area contributed by atoms with E-state index in [9.17, 15) is 15.4 Å². The fourth-order valence-electron chi connectivity index (χ4n) is 2.57. The van der Waals surface area contributed by atoms with Crippen LogP contribution in [-0.4, -0.2) is 4.92 Å². The Labute approximate surface area is 167 Å². The van der Waals surface area contributed by atoms with E-state index in [1.165, 1.54) is 12.1 Å². The fraction of sp³-hybridized carbons (Fsp3) is 0.0455. The summed E-state index contributed by atoms with van der Waals surface area (Å²) in [5.74, 6) is 0.613. The third-order valence-electron chi connectivity index (χ3n) is 4.04. The van der Waals surface area contributed by atoms with Crippen molar-refractivity contribution in [3.05, 3.63) is 105 Å². The van der Waals surface area contributed by atoms with E-state index in [1.807, 2.05) is 24.3 Å². The first-order chi connectivity index (χ1) is 13.6. The Morgan fingerprint density at radius 3 is 2.39 bits per heavy atom. The van der Waals surface area contributed by atoms with Gasteiger partial charge in [0.1, 0.15) is 12.4 Å². The third-order valence-corrected chi connectivity index (χ3v) is 4.29. The van der Waals surface area contributed by atoms with Crippen molar-refractivity contribution < 1.29 is 9.66 Å². The summed E-state index contributed by atoms with van der Waals surface area (Å²) in [6.07, 6.45) is 1.76. The number of nitrogens with zero attached hydrogens (tertiary/aromatic N) is 2. The van der Waals surface area contributed by atoms with Gasteiger partial charge < -0.3 is 4.74 Å². The summed E-state index contributed by atoms with van der Waals surface area (Å²) in [4.78, 5) is 10.3. The standard InChI is InChI=1S/C22H15ClN2O3/c23-20-9-7-17(8-10-20)19(14-24)13-18-3-1-2-4-22(18)28-15-16-5-11-21(12-6-16)25(26)27/h1-13H,15H2/b19-13+.